The van der Waals surface area contributed by atoms with Gasteiger partial charge in [-0.1, -0.05) is 0 Å². The summed E-state index contributed by atoms with van der Waals surface area (Å²) >= 11 is 0. The number of nitrogens with zero attached hydrogens (tertiary/aromatic N) is 2. The number of nitrogens with two attached hydrogens (primary N) is 1. The van der Waals surface area contributed by atoms with Crippen LogP contribution in [0.3, 0.4) is 0 Å². The molecule has 2 atom stereocenters. The van der Waals surface area contributed by atoms with Crippen LogP contribution < -0.4 is 15.8 Å². The van der Waals surface area contributed by atoms with E-state index in [-0.39, 0.29) is 24.7 Å². The molecule has 0 radical (unpaired) electrons. The lowest BCUT2D eigenvalue weighted by molar-refractivity contribution is -0.131. The van der Waals surface area contributed by atoms with E-state index in [1.807, 2.05) is 0 Å². The predicted octanol–water partition coefficient (Wildman–Crippen LogP) is 0.238. The molecule has 0 unspecified atom stereocenters. The molecule has 126 valence electrons. The maximum atomic E-state index is 14.2. The molecule has 0 aliphatic carbocycles. The third kappa shape index (κ3) is 3.95. The SMILES string of the molecule is COc1ccnc(C(N)=O)c1CN[C@@H]1CCN(C(C)=O)C[C@@H]1F. The third-order valence-electron chi connectivity index (χ3n) is 3.99. The molecule has 2 rings (SSSR count). The third-order valence-corrected chi connectivity index (χ3v) is 3.99. The monoisotopic (exact) mass is 324 g/mol. The molecular formula is C15H21FN4O3. The van der Waals surface area contributed by atoms with Crippen molar-refractivity contribution in [3.05, 3.63) is 23.5 Å². The molecule has 2 amide bonds. The zero-order valence-corrected chi connectivity index (χ0v) is 13.2. The van der Waals surface area contributed by atoms with Gasteiger partial charge in [-0.15, -0.1) is 0 Å². The topological polar surface area (TPSA) is 97.6 Å². The van der Waals surface area contributed by atoms with Crippen molar-refractivity contribution in [1.29, 1.82) is 0 Å². The quantitative estimate of drug-likeness (QED) is 0.808. The summed E-state index contributed by atoms with van der Waals surface area (Å²) in [7, 11) is 1.48. The molecule has 23 heavy (non-hydrogen) atoms. The van der Waals surface area contributed by atoms with Crippen LogP contribution >= 0.6 is 0 Å². The van der Waals surface area contributed by atoms with Gasteiger partial charge in [0, 0.05) is 37.8 Å². The summed E-state index contributed by atoms with van der Waals surface area (Å²) in [5, 5.41) is 3.08. The van der Waals surface area contributed by atoms with Gasteiger partial charge in [-0.2, -0.15) is 0 Å². The summed E-state index contributed by atoms with van der Waals surface area (Å²) in [5.41, 5.74) is 5.93. The lowest BCUT2D eigenvalue weighted by Gasteiger charge is -2.34. The van der Waals surface area contributed by atoms with Crippen LogP contribution in [0.15, 0.2) is 12.3 Å². The van der Waals surface area contributed by atoms with Crippen molar-refractivity contribution < 1.29 is 18.7 Å². The summed E-state index contributed by atoms with van der Waals surface area (Å²) in [6.07, 6.45) is 0.758. The number of piperidine rings is 1. The number of hydrogen-bond acceptors (Lipinski definition) is 5. The first-order valence-corrected chi connectivity index (χ1v) is 7.38. The van der Waals surface area contributed by atoms with E-state index in [9.17, 15) is 14.0 Å². The number of likely N-dealkylation sites (tertiary alicyclic amines) is 1. The van der Waals surface area contributed by atoms with Crippen molar-refractivity contribution in [2.45, 2.75) is 32.1 Å². The molecule has 1 fully saturated rings. The van der Waals surface area contributed by atoms with Gasteiger partial charge in [-0.05, 0) is 12.5 Å². The van der Waals surface area contributed by atoms with Crippen LogP contribution in [0.4, 0.5) is 4.39 Å². The van der Waals surface area contributed by atoms with Crippen molar-refractivity contribution in [2.24, 2.45) is 5.73 Å². The number of ether oxygens (including phenoxy) is 1. The average Bonchev–Trinajstić information content (AvgIpc) is 2.53. The fraction of sp³-hybridized carbons (Fsp3) is 0.533. The second-order valence-electron chi connectivity index (χ2n) is 5.46. The van der Waals surface area contributed by atoms with Crippen LogP contribution in [-0.2, 0) is 11.3 Å². The number of nitrogens with one attached hydrogen (secondary N) is 1. The Hall–Kier alpha value is -2.22. The van der Waals surface area contributed by atoms with E-state index in [1.54, 1.807) is 6.07 Å². The Morgan fingerprint density at radius 1 is 1.57 bits per heavy atom. The Labute approximate surface area is 134 Å². The summed E-state index contributed by atoms with van der Waals surface area (Å²) in [6.45, 7) is 2.21. The number of amides is 2. The second-order valence-corrected chi connectivity index (χ2v) is 5.46. The van der Waals surface area contributed by atoms with E-state index in [0.29, 0.717) is 24.3 Å². The van der Waals surface area contributed by atoms with Gasteiger partial charge in [0.05, 0.1) is 13.7 Å². The summed E-state index contributed by atoms with van der Waals surface area (Å²) in [5.74, 6) is -0.321. The molecule has 1 aromatic heterocycles. The molecule has 0 saturated carbocycles. The highest BCUT2D eigenvalue weighted by Gasteiger charge is 2.30. The van der Waals surface area contributed by atoms with Gasteiger partial charge in [0.1, 0.15) is 17.6 Å². The first-order valence-electron chi connectivity index (χ1n) is 7.38. The Balaban J connectivity index is 2.07. The van der Waals surface area contributed by atoms with Crippen molar-refractivity contribution in [2.75, 3.05) is 20.2 Å². The van der Waals surface area contributed by atoms with Crippen molar-refractivity contribution in [3.63, 3.8) is 0 Å². The van der Waals surface area contributed by atoms with E-state index < -0.39 is 18.1 Å². The molecule has 0 spiro atoms. The standard InChI is InChI=1S/C15H21FN4O3/c1-9(21)20-6-4-12(11(16)8-20)19-7-10-13(23-2)3-5-18-14(10)15(17)22/h3,5,11-12,19H,4,6-8H2,1-2H3,(H2,17,22)/t11-,12+/m0/s1. The molecular weight excluding hydrogens is 303 g/mol. The van der Waals surface area contributed by atoms with Crippen LogP contribution in [0.1, 0.15) is 29.4 Å². The van der Waals surface area contributed by atoms with Gasteiger partial charge >= 0.3 is 0 Å². The number of carbonyl (C=O) groups excluding carboxylic acids is 2. The maximum Gasteiger partial charge on any atom is 0.267 e. The number of hydrogen-bond donors (Lipinski definition) is 2. The van der Waals surface area contributed by atoms with Crippen molar-refractivity contribution in [3.8, 4) is 5.75 Å². The lowest BCUT2D eigenvalue weighted by Crippen LogP contribution is -2.51. The summed E-state index contributed by atoms with van der Waals surface area (Å²) in [4.78, 5) is 28.2. The number of alkyl halides is 1. The van der Waals surface area contributed by atoms with Crippen LogP contribution in [-0.4, -0.2) is 54.1 Å². The Kier molecular flexibility index (Phi) is 5.49. The molecule has 1 saturated heterocycles. The average molecular weight is 324 g/mol. The van der Waals surface area contributed by atoms with E-state index in [1.165, 1.54) is 25.1 Å². The maximum absolute atomic E-state index is 14.2. The van der Waals surface area contributed by atoms with Gasteiger partial charge in [0.25, 0.3) is 5.91 Å². The van der Waals surface area contributed by atoms with Gasteiger partial charge in [-0.3, -0.25) is 14.6 Å². The van der Waals surface area contributed by atoms with Gasteiger partial charge in [0.2, 0.25) is 5.91 Å². The molecule has 3 N–H and O–H groups in total. The predicted molar refractivity (Wildman–Crippen MR) is 81.7 cm³/mol. The first kappa shape index (κ1) is 17.1. The van der Waals surface area contributed by atoms with Gasteiger partial charge in [-0.25, -0.2) is 4.39 Å². The first-order chi connectivity index (χ1) is 10.9. The van der Waals surface area contributed by atoms with Crippen LogP contribution in [0.2, 0.25) is 0 Å². The molecule has 2 heterocycles. The highest BCUT2D eigenvalue weighted by atomic mass is 19.1. The van der Waals surface area contributed by atoms with Gasteiger partial charge < -0.3 is 20.7 Å². The van der Waals surface area contributed by atoms with E-state index in [2.05, 4.69) is 10.3 Å². The second kappa shape index (κ2) is 7.36. The van der Waals surface area contributed by atoms with Gasteiger partial charge in [0.15, 0.2) is 0 Å². The summed E-state index contributed by atoms with van der Waals surface area (Å²) in [6, 6.07) is 1.21. The largest absolute Gasteiger partial charge is 0.496 e. The highest BCUT2D eigenvalue weighted by Crippen LogP contribution is 2.21. The minimum Gasteiger partial charge on any atom is -0.496 e. The molecule has 0 aromatic carbocycles. The Bertz CT molecular complexity index is 596. The highest BCUT2D eigenvalue weighted by molar-refractivity contribution is 5.92. The fourth-order valence-corrected chi connectivity index (χ4v) is 2.70. The number of primary amides is 1. The molecule has 0 bridgehead atoms. The summed E-state index contributed by atoms with van der Waals surface area (Å²) < 4.78 is 19.4. The molecule has 8 heteroatoms. The number of rotatable bonds is 5. The van der Waals surface area contributed by atoms with E-state index in [0.717, 1.165) is 0 Å². The van der Waals surface area contributed by atoms with E-state index >= 15 is 0 Å². The zero-order valence-electron chi connectivity index (χ0n) is 13.2. The number of halogens is 1. The Morgan fingerprint density at radius 2 is 2.30 bits per heavy atom. The molecule has 1 aromatic rings. The van der Waals surface area contributed by atoms with Crippen LogP contribution in [0.5, 0.6) is 5.75 Å². The van der Waals surface area contributed by atoms with Crippen LogP contribution in [0.25, 0.3) is 0 Å². The lowest BCUT2D eigenvalue weighted by atomic mass is 10.0. The number of methoxy groups -OCH3 is 1. The molecule has 1 aliphatic rings. The van der Waals surface area contributed by atoms with Crippen molar-refractivity contribution in [1.82, 2.24) is 15.2 Å². The number of aromatic nitrogens is 1. The molecule has 7 nitrogen and oxygen atoms in total. The van der Waals surface area contributed by atoms with Crippen LogP contribution in [0, 0.1) is 0 Å². The number of carbonyl (C=O) groups is 2. The minimum atomic E-state index is -1.17. The van der Waals surface area contributed by atoms with Crippen molar-refractivity contribution >= 4 is 11.8 Å². The normalized spacial score (nSPS) is 21.1. The van der Waals surface area contributed by atoms with E-state index in [4.69, 9.17) is 10.5 Å². The minimum absolute atomic E-state index is 0.0693. The smallest absolute Gasteiger partial charge is 0.267 e. The zero-order chi connectivity index (χ0) is 17.0. The molecule has 1 aliphatic heterocycles. The Morgan fingerprint density at radius 3 is 2.87 bits per heavy atom. The number of pyridine rings is 1. The fourth-order valence-electron chi connectivity index (χ4n) is 2.70.